The van der Waals surface area contributed by atoms with E-state index in [2.05, 4.69) is 91.0 Å². The largest absolute Gasteiger partial charge is 0.0622 e. The van der Waals surface area contributed by atoms with Crippen molar-refractivity contribution >= 4 is 0 Å². The van der Waals surface area contributed by atoms with Crippen LogP contribution in [0.1, 0.15) is 22.6 Å². The number of rotatable bonds is 3. The zero-order valence-corrected chi connectivity index (χ0v) is 12.6. The van der Waals surface area contributed by atoms with Gasteiger partial charge in [-0.25, -0.2) is 0 Å². The number of benzene rings is 3. The van der Waals surface area contributed by atoms with E-state index in [9.17, 15) is 0 Å². The van der Waals surface area contributed by atoms with Gasteiger partial charge < -0.3 is 0 Å². The summed E-state index contributed by atoms with van der Waals surface area (Å²) in [6.07, 6.45) is 0. The van der Waals surface area contributed by atoms with Crippen molar-refractivity contribution in [1.29, 1.82) is 0 Å². The van der Waals surface area contributed by atoms with Gasteiger partial charge in [0.1, 0.15) is 0 Å². The zero-order chi connectivity index (χ0) is 12.9. The van der Waals surface area contributed by atoms with Crippen LogP contribution >= 0.6 is 0 Å². The summed E-state index contributed by atoms with van der Waals surface area (Å²) in [5.74, 6) is 0.309. The Labute approximate surface area is 132 Å². The Bertz CT molecular complexity index is 524. The van der Waals surface area contributed by atoms with Crippen molar-refractivity contribution in [2.45, 2.75) is 5.92 Å². The molecular formula is C19H16V. The summed E-state index contributed by atoms with van der Waals surface area (Å²) in [5.41, 5.74) is 4.00. The second-order valence-corrected chi connectivity index (χ2v) is 4.67. The number of hydrogen-bond donors (Lipinski definition) is 0. The van der Waals surface area contributed by atoms with Crippen molar-refractivity contribution in [3.8, 4) is 0 Å². The Balaban J connectivity index is 0.00000147. The second kappa shape index (κ2) is 7.14. The normalized spacial score (nSPS) is 10.1. The van der Waals surface area contributed by atoms with E-state index >= 15 is 0 Å². The molecule has 97 valence electrons. The molecule has 3 rings (SSSR count). The van der Waals surface area contributed by atoms with E-state index < -0.39 is 0 Å². The molecule has 0 amide bonds. The van der Waals surface area contributed by atoms with Crippen molar-refractivity contribution in [2.24, 2.45) is 0 Å². The third-order valence-corrected chi connectivity index (χ3v) is 3.40. The van der Waals surface area contributed by atoms with Gasteiger partial charge in [0.15, 0.2) is 0 Å². The summed E-state index contributed by atoms with van der Waals surface area (Å²) in [6.45, 7) is 0. The van der Waals surface area contributed by atoms with Gasteiger partial charge in [0.2, 0.25) is 0 Å². The van der Waals surface area contributed by atoms with E-state index in [1.54, 1.807) is 0 Å². The van der Waals surface area contributed by atoms with Gasteiger partial charge in [-0.1, -0.05) is 91.0 Å². The van der Waals surface area contributed by atoms with Crippen LogP contribution in [0.25, 0.3) is 0 Å². The average molecular weight is 295 g/mol. The van der Waals surface area contributed by atoms with E-state index in [0.717, 1.165) is 0 Å². The molecule has 20 heavy (non-hydrogen) atoms. The molecule has 1 radical (unpaired) electrons. The minimum absolute atomic E-state index is 0. The molecule has 0 aliphatic heterocycles. The predicted molar refractivity (Wildman–Crippen MR) is 80.3 cm³/mol. The van der Waals surface area contributed by atoms with Crippen LogP contribution in [0.3, 0.4) is 0 Å². The van der Waals surface area contributed by atoms with Crippen LogP contribution in [-0.4, -0.2) is 0 Å². The van der Waals surface area contributed by atoms with Crippen molar-refractivity contribution in [3.05, 3.63) is 108 Å². The molecule has 0 saturated carbocycles. The third kappa shape index (κ3) is 3.22. The van der Waals surface area contributed by atoms with Crippen molar-refractivity contribution in [1.82, 2.24) is 0 Å². The molecular weight excluding hydrogens is 279 g/mol. The van der Waals surface area contributed by atoms with Crippen molar-refractivity contribution in [3.63, 3.8) is 0 Å². The molecule has 0 aromatic heterocycles. The SMILES string of the molecule is [V].c1ccc(C(c2ccccc2)c2ccccc2)cc1. The Morgan fingerprint density at radius 1 is 0.400 bits per heavy atom. The molecule has 0 spiro atoms. The standard InChI is InChI=1S/C19H16.V/c1-4-10-16(11-5-1)19(17-12-6-2-7-13-17)18-14-8-3-9-15-18;/h1-15,19H;. The molecule has 0 bridgehead atoms. The molecule has 0 aliphatic carbocycles. The van der Waals surface area contributed by atoms with E-state index in [1.807, 2.05) is 0 Å². The molecule has 0 nitrogen and oxygen atoms in total. The van der Waals surface area contributed by atoms with Crippen molar-refractivity contribution in [2.75, 3.05) is 0 Å². The summed E-state index contributed by atoms with van der Waals surface area (Å²) < 4.78 is 0. The van der Waals surface area contributed by atoms with Crippen LogP contribution in [0.2, 0.25) is 0 Å². The minimum atomic E-state index is 0. The first-order valence-corrected chi connectivity index (χ1v) is 6.60. The molecule has 0 N–H and O–H groups in total. The quantitative estimate of drug-likeness (QED) is 0.605. The van der Waals surface area contributed by atoms with Gasteiger partial charge in [-0.05, 0) is 16.7 Å². The van der Waals surface area contributed by atoms with E-state index in [0.29, 0.717) is 5.92 Å². The average Bonchev–Trinajstić information content (AvgIpc) is 2.51. The first-order chi connectivity index (χ1) is 9.45. The first-order valence-electron chi connectivity index (χ1n) is 6.60. The molecule has 0 fully saturated rings. The molecule has 0 saturated heterocycles. The zero-order valence-electron chi connectivity index (χ0n) is 11.2. The molecule has 0 atom stereocenters. The molecule has 0 unspecified atom stereocenters. The summed E-state index contributed by atoms with van der Waals surface area (Å²) in [4.78, 5) is 0. The molecule has 3 aromatic rings. The Morgan fingerprint density at radius 2 is 0.650 bits per heavy atom. The van der Waals surface area contributed by atoms with Gasteiger partial charge in [0.25, 0.3) is 0 Å². The smallest absolute Gasteiger partial charge is 0.0339 e. The molecule has 0 aliphatic rings. The van der Waals surface area contributed by atoms with Crippen LogP contribution in [0.4, 0.5) is 0 Å². The summed E-state index contributed by atoms with van der Waals surface area (Å²) in [7, 11) is 0. The van der Waals surface area contributed by atoms with E-state index in [-0.39, 0.29) is 18.6 Å². The maximum atomic E-state index is 2.20. The monoisotopic (exact) mass is 295 g/mol. The molecule has 0 heterocycles. The number of hydrogen-bond acceptors (Lipinski definition) is 0. The van der Waals surface area contributed by atoms with Gasteiger partial charge in [0, 0.05) is 24.5 Å². The fourth-order valence-electron chi connectivity index (χ4n) is 2.51. The van der Waals surface area contributed by atoms with Gasteiger partial charge in [-0.15, -0.1) is 0 Å². The fraction of sp³-hybridized carbons (Fsp3) is 0.0526. The Hall–Kier alpha value is -1.76. The van der Waals surface area contributed by atoms with Crippen LogP contribution in [0.5, 0.6) is 0 Å². The summed E-state index contributed by atoms with van der Waals surface area (Å²) >= 11 is 0. The predicted octanol–water partition coefficient (Wildman–Crippen LogP) is 4.86. The summed E-state index contributed by atoms with van der Waals surface area (Å²) in [5, 5.41) is 0. The maximum absolute atomic E-state index is 2.20. The van der Waals surface area contributed by atoms with Gasteiger partial charge in [-0.3, -0.25) is 0 Å². The van der Waals surface area contributed by atoms with Crippen LogP contribution in [0.15, 0.2) is 91.0 Å². The van der Waals surface area contributed by atoms with E-state index in [4.69, 9.17) is 0 Å². The Kier molecular flexibility index (Phi) is 5.23. The summed E-state index contributed by atoms with van der Waals surface area (Å²) in [6, 6.07) is 32.0. The molecule has 3 aromatic carbocycles. The minimum Gasteiger partial charge on any atom is -0.0622 e. The maximum Gasteiger partial charge on any atom is 0.0339 e. The first kappa shape index (κ1) is 14.6. The van der Waals surface area contributed by atoms with Gasteiger partial charge in [-0.2, -0.15) is 0 Å². The van der Waals surface area contributed by atoms with E-state index in [1.165, 1.54) is 16.7 Å². The molecule has 1 heteroatoms. The van der Waals surface area contributed by atoms with Crippen LogP contribution < -0.4 is 0 Å². The van der Waals surface area contributed by atoms with Crippen LogP contribution in [-0.2, 0) is 18.6 Å². The van der Waals surface area contributed by atoms with Gasteiger partial charge in [0.05, 0.1) is 0 Å². The third-order valence-electron chi connectivity index (χ3n) is 3.40. The topological polar surface area (TPSA) is 0 Å². The Morgan fingerprint density at radius 3 is 0.900 bits per heavy atom. The fourth-order valence-corrected chi connectivity index (χ4v) is 2.51. The van der Waals surface area contributed by atoms with Gasteiger partial charge >= 0.3 is 0 Å². The van der Waals surface area contributed by atoms with Crippen LogP contribution in [0, 0.1) is 0 Å². The van der Waals surface area contributed by atoms with Crippen molar-refractivity contribution < 1.29 is 18.6 Å². The second-order valence-electron chi connectivity index (χ2n) is 4.67.